The van der Waals surface area contributed by atoms with E-state index >= 15 is 0 Å². The van der Waals surface area contributed by atoms with E-state index in [0.717, 1.165) is 59.7 Å². The molecule has 291 valence electrons. The standard InChI is InChI=1S/C35H19FN3S2.C15H18GeN.Ir/c1-19-16-17-29(33-31(19)21-8-2-5-15-30(21)40-33)39-28-14-4-3-12-27(28)37-34(39)22-10-6-9-20-23-18-24-25(36)11-7-13-26(24)38-35(23)41-32(20)22;1-12-5-7-13(8-6-12)15-10-9-14(11-17-15)16(2,3)4;/h2-9,11-18H,1H3;5-7,9-11H,1-4H3;/q2*-1;/i;1D3;. The SMILES string of the molecule is Cc1ccc(-n2c(-c3[c-]ccc4c3sc3nc5cccc(F)c5cc34)nc3ccccc32)c2sc3ccccc3c12.[2H]C([2H])([2H])c1c[c-]c(-c2cc[c]([Ge]([CH3])([CH3])[CH3])cn2)cc1.[Ir]. The quantitative estimate of drug-likeness (QED) is 0.130. The summed E-state index contributed by atoms with van der Waals surface area (Å²) in [6.45, 7) is 0.107. The number of nitrogens with zero attached hydrogens (tertiary/aromatic N) is 4. The monoisotopic (exact) mass is 1050 g/mol. The van der Waals surface area contributed by atoms with Crippen molar-refractivity contribution in [3.05, 3.63) is 163 Å². The summed E-state index contributed by atoms with van der Waals surface area (Å²) in [5, 5.41) is 5.08. The Labute approximate surface area is 370 Å². The van der Waals surface area contributed by atoms with Crippen LogP contribution in [-0.4, -0.2) is 32.8 Å². The van der Waals surface area contributed by atoms with Crippen molar-refractivity contribution in [2.24, 2.45) is 0 Å². The predicted octanol–water partition coefficient (Wildman–Crippen LogP) is 13.6. The maximum absolute atomic E-state index is 14.7. The summed E-state index contributed by atoms with van der Waals surface area (Å²) >= 11 is 1.60. The third-order valence-electron chi connectivity index (χ3n) is 10.7. The smallest absolute Gasteiger partial charge is 0 e. The van der Waals surface area contributed by atoms with Crippen molar-refractivity contribution in [3.8, 4) is 28.3 Å². The van der Waals surface area contributed by atoms with E-state index in [4.69, 9.17) is 14.1 Å². The average molecular weight is 1040 g/mol. The summed E-state index contributed by atoms with van der Waals surface area (Å²) in [6, 6.07) is 47.9. The van der Waals surface area contributed by atoms with Gasteiger partial charge in [0.1, 0.15) is 10.6 Å². The number of aryl methyl sites for hydroxylation is 2. The van der Waals surface area contributed by atoms with Gasteiger partial charge < -0.3 is 4.57 Å². The molecule has 5 heterocycles. The van der Waals surface area contributed by atoms with E-state index in [0.29, 0.717) is 16.5 Å². The summed E-state index contributed by atoms with van der Waals surface area (Å²) in [6.07, 6.45) is 1.95. The number of para-hydroxylation sites is 2. The number of pyridine rings is 2. The number of rotatable bonds is 4. The molecule has 0 atom stereocenters. The Kier molecular flexibility index (Phi) is 9.41. The predicted molar refractivity (Wildman–Crippen MR) is 247 cm³/mol. The normalized spacial score (nSPS) is 12.7. The van der Waals surface area contributed by atoms with E-state index in [9.17, 15) is 4.39 Å². The zero-order valence-corrected chi connectivity index (χ0v) is 38.6. The third-order valence-corrected chi connectivity index (χ3v) is 17.2. The van der Waals surface area contributed by atoms with Crippen LogP contribution in [0.25, 0.3) is 90.7 Å². The molecule has 1 radical (unpaired) electrons. The second kappa shape index (κ2) is 15.5. The number of aromatic nitrogens is 4. The number of thiophene rings is 2. The zero-order chi connectivity index (χ0) is 42.2. The van der Waals surface area contributed by atoms with Crippen LogP contribution in [0.1, 0.15) is 15.2 Å². The first-order chi connectivity index (χ1) is 29.3. The largest absolute Gasteiger partial charge is 0 e. The number of fused-ring (bicyclic) bond motifs is 8. The number of hydrogen-bond donors (Lipinski definition) is 0. The maximum atomic E-state index is 14.7. The number of benzene rings is 6. The molecule has 6 aromatic carbocycles. The molecule has 4 nitrogen and oxygen atoms in total. The van der Waals surface area contributed by atoms with Crippen LogP contribution >= 0.6 is 22.7 Å². The Morgan fingerprint density at radius 3 is 2.37 bits per heavy atom. The van der Waals surface area contributed by atoms with Crippen LogP contribution in [0.15, 0.2) is 134 Å². The molecule has 0 N–H and O–H groups in total. The Morgan fingerprint density at radius 1 is 0.746 bits per heavy atom. The first kappa shape index (κ1) is 35.8. The molecule has 11 aromatic rings. The van der Waals surface area contributed by atoms with Crippen LogP contribution in [0, 0.1) is 31.7 Å². The number of halogens is 1. The molecule has 0 amide bonds. The van der Waals surface area contributed by atoms with E-state index in [-0.39, 0.29) is 25.9 Å². The Morgan fingerprint density at radius 2 is 1.58 bits per heavy atom. The molecule has 0 bridgehead atoms. The van der Waals surface area contributed by atoms with Crippen LogP contribution in [0.4, 0.5) is 4.39 Å². The van der Waals surface area contributed by atoms with Crippen LogP contribution in [-0.2, 0) is 20.1 Å². The summed E-state index contributed by atoms with van der Waals surface area (Å²) in [5.74, 6) is 7.56. The third kappa shape index (κ3) is 7.01. The van der Waals surface area contributed by atoms with E-state index in [1.165, 1.54) is 42.3 Å². The van der Waals surface area contributed by atoms with Crippen molar-refractivity contribution in [2.45, 2.75) is 31.0 Å². The zero-order valence-electron chi connectivity index (χ0n) is 35.5. The molecule has 0 saturated heterocycles. The molecule has 59 heavy (non-hydrogen) atoms. The van der Waals surface area contributed by atoms with Crippen LogP contribution in [0.3, 0.4) is 0 Å². The van der Waals surface area contributed by atoms with E-state index in [1.807, 2.05) is 47.9 Å². The fourth-order valence-corrected chi connectivity index (χ4v) is 12.3. The van der Waals surface area contributed by atoms with Gasteiger partial charge in [-0.3, -0.25) is 4.98 Å². The van der Waals surface area contributed by atoms with Crippen molar-refractivity contribution < 1.29 is 28.6 Å². The summed E-state index contributed by atoms with van der Waals surface area (Å²) in [4.78, 5) is 15.4. The molecular weight excluding hydrogens is 1000 g/mol. The van der Waals surface area contributed by atoms with Gasteiger partial charge in [-0.15, -0.1) is 29.5 Å². The van der Waals surface area contributed by atoms with Crippen molar-refractivity contribution in [1.82, 2.24) is 19.5 Å². The van der Waals surface area contributed by atoms with Gasteiger partial charge in [0.15, 0.2) is 0 Å². The van der Waals surface area contributed by atoms with Gasteiger partial charge in [-0.05, 0) is 59.7 Å². The molecule has 0 fully saturated rings. The van der Waals surface area contributed by atoms with Crippen LogP contribution < -0.4 is 4.40 Å². The minimum atomic E-state index is -2.08. The minimum absolute atomic E-state index is 0. The number of hydrogen-bond acceptors (Lipinski definition) is 5. The summed E-state index contributed by atoms with van der Waals surface area (Å²) in [7, 11) is 0. The summed E-state index contributed by atoms with van der Waals surface area (Å²) < 4.78 is 43.9. The number of imidazole rings is 1. The minimum Gasteiger partial charge on any atom is 0 e. The fraction of sp³-hybridized carbons (Fsp3) is 0.100. The molecule has 0 saturated carbocycles. The van der Waals surface area contributed by atoms with Gasteiger partial charge in [-0.2, -0.15) is 11.3 Å². The van der Waals surface area contributed by atoms with E-state index < -0.39 is 20.1 Å². The van der Waals surface area contributed by atoms with Crippen molar-refractivity contribution in [3.63, 3.8) is 0 Å². The maximum Gasteiger partial charge on any atom is 0 e. The van der Waals surface area contributed by atoms with Crippen molar-refractivity contribution in [2.75, 3.05) is 0 Å². The molecular formula is C50H37FGeIrN4S2-2. The molecule has 0 unspecified atom stereocenters. The van der Waals surface area contributed by atoms with Gasteiger partial charge in [-0.25, -0.2) is 9.37 Å². The molecule has 0 spiro atoms. The molecule has 0 aliphatic rings. The van der Waals surface area contributed by atoms with Crippen LogP contribution in [0.5, 0.6) is 0 Å². The Balaban J connectivity index is 0.000000198. The first-order valence-corrected chi connectivity index (χ1v) is 28.0. The second-order valence-corrected chi connectivity index (χ2v) is 28.2. The second-order valence-electron chi connectivity index (χ2n) is 15.5. The van der Waals surface area contributed by atoms with E-state index in [1.54, 1.807) is 29.5 Å². The summed E-state index contributed by atoms with van der Waals surface area (Å²) in [5.41, 5.74) is 7.88. The van der Waals surface area contributed by atoms with Gasteiger partial charge >= 0.3 is 110 Å². The van der Waals surface area contributed by atoms with Gasteiger partial charge in [-0.1, -0.05) is 53.4 Å². The van der Waals surface area contributed by atoms with Crippen molar-refractivity contribution in [1.29, 1.82) is 0 Å². The average Bonchev–Trinajstić information content (AvgIpc) is 3.95. The van der Waals surface area contributed by atoms with Crippen LogP contribution in [0.2, 0.25) is 17.3 Å². The van der Waals surface area contributed by atoms with Crippen molar-refractivity contribution >= 4 is 103 Å². The Hall–Kier alpha value is -5.09. The van der Waals surface area contributed by atoms with Gasteiger partial charge in [0, 0.05) is 46.4 Å². The van der Waals surface area contributed by atoms with E-state index in [2.05, 4.69) is 113 Å². The van der Waals surface area contributed by atoms with Gasteiger partial charge in [0.25, 0.3) is 0 Å². The molecule has 0 aliphatic carbocycles. The van der Waals surface area contributed by atoms with Gasteiger partial charge in [0.05, 0.1) is 32.8 Å². The Bertz CT molecular complexity index is 3430. The topological polar surface area (TPSA) is 43.6 Å². The fourth-order valence-electron chi connectivity index (χ4n) is 7.65. The first-order valence-electron chi connectivity index (χ1n) is 20.5. The molecule has 5 aromatic heterocycles. The molecule has 11 rings (SSSR count). The van der Waals surface area contributed by atoms with Gasteiger partial charge in [0.2, 0.25) is 0 Å². The molecule has 0 aliphatic heterocycles. The molecule has 9 heteroatoms.